The number of likely N-dealkylation sites (tertiary alicyclic amines) is 1. The minimum Gasteiger partial charge on any atom is -0.383 e. The molecule has 0 radical (unpaired) electrons. The highest BCUT2D eigenvalue weighted by molar-refractivity contribution is 5.74. The van der Waals surface area contributed by atoms with E-state index in [1.807, 2.05) is 0 Å². The number of nitrogens with one attached hydrogen (secondary N) is 2. The van der Waals surface area contributed by atoms with Gasteiger partial charge < -0.3 is 20.6 Å². The first-order valence-electron chi connectivity index (χ1n) is 9.40. The van der Waals surface area contributed by atoms with Gasteiger partial charge in [0.2, 0.25) is 0 Å². The van der Waals surface area contributed by atoms with Crippen molar-refractivity contribution >= 4 is 6.03 Å². The molecule has 0 unspecified atom stereocenters. The first-order valence-corrected chi connectivity index (χ1v) is 9.40. The molecular formula is C18H31N5O2. The van der Waals surface area contributed by atoms with Crippen LogP contribution in [0.3, 0.4) is 0 Å². The molecule has 2 atom stereocenters. The zero-order chi connectivity index (χ0) is 17.9. The van der Waals surface area contributed by atoms with Gasteiger partial charge in [-0.2, -0.15) is 5.10 Å². The summed E-state index contributed by atoms with van der Waals surface area (Å²) in [4.78, 5) is 14.6. The molecule has 2 heterocycles. The highest BCUT2D eigenvalue weighted by Crippen LogP contribution is 2.26. The Labute approximate surface area is 149 Å². The molecule has 2 amide bonds. The predicted molar refractivity (Wildman–Crippen MR) is 96.1 cm³/mol. The number of aromatic nitrogens is 2. The van der Waals surface area contributed by atoms with Crippen LogP contribution in [0.15, 0.2) is 12.4 Å². The molecule has 3 N–H and O–H groups in total. The Morgan fingerprint density at radius 1 is 1.40 bits per heavy atom. The molecule has 0 bridgehead atoms. The van der Waals surface area contributed by atoms with E-state index in [0.717, 1.165) is 25.4 Å². The second kappa shape index (κ2) is 7.74. The quantitative estimate of drug-likeness (QED) is 0.720. The molecule has 1 aromatic heterocycles. The normalized spacial score (nSPS) is 24.4. The molecule has 7 nitrogen and oxygen atoms in total. The third-order valence-electron chi connectivity index (χ3n) is 5.52. The van der Waals surface area contributed by atoms with Crippen LogP contribution in [-0.2, 0) is 12.6 Å². The van der Waals surface area contributed by atoms with Crippen molar-refractivity contribution in [2.45, 2.75) is 50.7 Å². The number of carbonyl (C=O) groups is 1. The van der Waals surface area contributed by atoms with Gasteiger partial charge in [-0.25, -0.2) is 4.79 Å². The van der Waals surface area contributed by atoms with E-state index in [1.54, 1.807) is 31.0 Å². The average Bonchev–Trinajstić information content (AvgIpc) is 3.29. The lowest BCUT2D eigenvalue weighted by Crippen LogP contribution is -2.47. The molecule has 0 spiro atoms. The third kappa shape index (κ3) is 4.95. The molecule has 0 aromatic carbocycles. The van der Waals surface area contributed by atoms with E-state index in [0.29, 0.717) is 5.56 Å². The van der Waals surface area contributed by atoms with Gasteiger partial charge in [0.15, 0.2) is 0 Å². The minimum absolute atomic E-state index is 0.156. The van der Waals surface area contributed by atoms with Crippen LogP contribution in [0.25, 0.3) is 0 Å². The van der Waals surface area contributed by atoms with Crippen molar-refractivity contribution in [3.05, 3.63) is 18.0 Å². The van der Waals surface area contributed by atoms with Crippen LogP contribution in [0, 0.1) is 5.92 Å². The van der Waals surface area contributed by atoms with Gasteiger partial charge in [-0.3, -0.25) is 4.68 Å². The second-order valence-corrected chi connectivity index (χ2v) is 7.90. The number of hydrogen-bond donors (Lipinski definition) is 3. The highest BCUT2D eigenvalue weighted by Gasteiger charge is 2.28. The van der Waals surface area contributed by atoms with Crippen molar-refractivity contribution in [2.24, 2.45) is 13.0 Å². The van der Waals surface area contributed by atoms with E-state index < -0.39 is 5.60 Å². The van der Waals surface area contributed by atoms with E-state index in [2.05, 4.69) is 20.6 Å². The monoisotopic (exact) mass is 349 g/mol. The van der Waals surface area contributed by atoms with E-state index in [9.17, 15) is 9.90 Å². The zero-order valence-corrected chi connectivity index (χ0v) is 15.4. The van der Waals surface area contributed by atoms with Crippen LogP contribution in [0.2, 0.25) is 0 Å². The predicted octanol–water partition coefficient (Wildman–Crippen LogP) is 1.19. The summed E-state index contributed by atoms with van der Waals surface area (Å²) in [5, 5.41) is 20.4. The molecule has 1 saturated heterocycles. The van der Waals surface area contributed by atoms with Crippen molar-refractivity contribution in [1.29, 1.82) is 0 Å². The fourth-order valence-electron chi connectivity index (χ4n) is 3.96. The Morgan fingerprint density at radius 2 is 2.16 bits per heavy atom. The Morgan fingerprint density at radius 3 is 2.84 bits per heavy atom. The van der Waals surface area contributed by atoms with E-state index in [-0.39, 0.29) is 18.6 Å². The molecule has 140 valence electrons. The summed E-state index contributed by atoms with van der Waals surface area (Å²) < 4.78 is 1.64. The second-order valence-electron chi connectivity index (χ2n) is 7.90. The van der Waals surface area contributed by atoms with Crippen LogP contribution in [0.1, 0.15) is 44.6 Å². The molecule has 2 aliphatic rings. The maximum absolute atomic E-state index is 12.2. The lowest BCUT2D eigenvalue weighted by atomic mass is 10.00. The molecule has 1 aliphatic carbocycles. The van der Waals surface area contributed by atoms with Crippen molar-refractivity contribution in [1.82, 2.24) is 25.3 Å². The van der Waals surface area contributed by atoms with Gasteiger partial charge in [-0.15, -0.1) is 0 Å². The van der Waals surface area contributed by atoms with E-state index in [1.165, 1.54) is 32.2 Å². The summed E-state index contributed by atoms with van der Waals surface area (Å²) in [6, 6.07) is -0.0124. The number of aliphatic hydroxyl groups is 1. The van der Waals surface area contributed by atoms with Crippen molar-refractivity contribution < 1.29 is 9.90 Å². The number of hydrogen-bond acceptors (Lipinski definition) is 4. The lowest BCUT2D eigenvalue weighted by molar-refractivity contribution is 0.0592. The van der Waals surface area contributed by atoms with E-state index >= 15 is 0 Å². The maximum Gasteiger partial charge on any atom is 0.315 e. The zero-order valence-electron chi connectivity index (χ0n) is 15.4. The molecule has 1 aromatic rings. The summed E-state index contributed by atoms with van der Waals surface area (Å²) in [5.74, 6) is 0.849. The Balaban J connectivity index is 1.39. The standard InChI is InChI=1S/C18H31N5O2/c1-18(25,15-9-20-22(2)11-15)13-19-17(24)21-16-7-8-23(12-16)10-14-5-3-4-6-14/h9,11,14,16,25H,3-8,10,12-13H2,1-2H3,(H2,19,21,24)/t16-,18-/m1/s1. The van der Waals surface area contributed by atoms with Crippen LogP contribution >= 0.6 is 0 Å². The molecular weight excluding hydrogens is 318 g/mol. The maximum atomic E-state index is 12.2. The number of urea groups is 1. The molecule has 7 heteroatoms. The molecule has 1 saturated carbocycles. The molecule has 3 rings (SSSR count). The SMILES string of the molecule is Cn1cc([C@](C)(O)CNC(=O)N[C@@H]2CCN(CC3CCCC3)C2)cn1. The van der Waals surface area contributed by atoms with Crippen LogP contribution in [0.5, 0.6) is 0 Å². The van der Waals surface area contributed by atoms with Gasteiger partial charge >= 0.3 is 6.03 Å². The topological polar surface area (TPSA) is 82.4 Å². The number of rotatable bonds is 6. The van der Waals surface area contributed by atoms with Gasteiger partial charge in [0, 0.05) is 44.5 Å². The fraction of sp³-hybridized carbons (Fsp3) is 0.778. The number of aryl methyl sites for hydroxylation is 1. The minimum atomic E-state index is -1.13. The first-order chi connectivity index (χ1) is 11.9. The van der Waals surface area contributed by atoms with Crippen LogP contribution in [0.4, 0.5) is 4.79 Å². The Bertz CT molecular complexity index is 580. The smallest absolute Gasteiger partial charge is 0.315 e. The summed E-state index contributed by atoms with van der Waals surface area (Å²) in [6.07, 6.45) is 9.85. The average molecular weight is 349 g/mol. The van der Waals surface area contributed by atoms with Gasteiger partial charge in [-0.05, 0) is 32.1 Å². The largest absolute Gasteiger partial charge is 0.383 e. The first kappa shape index (κ1) is 18.2. The Hall–Kier alpha value is -1.60. The van der Waals surface area contributed by atoms with Crippen LogP contribution < -0.4 is 10.6 Å². The van der Waals surface area contributed by atoms with Crippen LogP contribution in [-0.4, -0.2) is 58.0 Å². The summed E-state index contributed by atoms with van der Waals surface area (Å²) in [7, 11) is 1.80. The fourth-order valence-corrected chi connectivity index (χ4v) is 3.96. The number of nitrogens with zero attached hydrogens (tertiary/aromatic N) is 3. The molecule has 25 heavy (non-hydrogen) atoms. The van der Waals surface area contributed by atoms with Crippen molar-refractivity contribution in [3.8, 4) is 0 Å². The summed E-state index contributed by atoms with van der Waals surface area (Å²) >= 11 is 0. The van der Waals surface area contributed by atoms with Crippen molar-refractivity contribution in [2.75, 3.05) is 26.2 Å². The van der Waals surface area contributed by atoms with Gasteiger partial charge in [-0.1, -0.05) is 12.8 Å². The summed E-state index contributed by atoms with van der Waals surface area (Å²) in [6.45, 7) is 5.01. The van der Waals surface area contributed by atoms with Gasteiger partial charge in [0.25, 0.3) is 0 Å². The summed E-state index contributed by atoms with van der Waals surface area (Å²) in [5.41, 5.74) is -0.436. The lowest BCUT2D eigenvalue weighted by Gasteiger charge is -2.23. The van der Waals surface area contributed by atoms with Crippen molar-refractivity contribution in [3.63, 3.8) is 0 Å². The highest BCUT2D eigenvalue weighted by atomic mass is 16.3. The molecule has 1 aliphatic heterocycles. The number of carbonyl (C=O) groups excluding carboxylic acids is 1. The molecule has 2 fully saturated rings. The third-order valence-corrected chi connectivity index (χ3v) is 5.52. The van der Waals surface area contributed by atoms with Gasteiger partial charge in [0.1, 0.15) is 5.60 Å². The van der Waals surface area contributed by atoms with Gasteiger partial charge in [0.05, 0.1) is 12.7 Å². The number of amides is 2. The Kier molecular flexibility index (Phi) is 5.64. The van der Waals surface area contributed by atoms with E-state index in [4.69, 9.17) is 0 Å².